The molecular weight excluding hydrogens is 390 g/mol. The highest BCUT2D eigenvalue weighted by molar-refractivity contribution is 9.11. The van der Waals surface area contributed by atoms with E-state index in [1.165, 1.54) is 0 Å². The van der Waals surface area contributed by atoms with E-state index in [2.05, 4.69) is 47.4 Å². The van der Waals surface area contributed by atoms with Gasteiger partial charge in [-0.15, -0.1) is 0 Å². The van der Waals surface area contributed by atoms with Crippen LogP contribution in [0.5, 0.6) is 5.75 Å². The van der Waals surface area contributed by atoms with Crippen molar-refractivity contribution in [3.63, 3.8) is 0 Å². The van der Waals surface area contributed by atoms with Gasteiger partial charge in [0.15, 0.2) is 12.4 Å². The van der Waals surface area contributed by atoms with E-state index in [-0.39, 0.29) is 12.5 Å². The number of H-pyrrole nitrogens is 1. The Morgan fingerprint density at radius 1 is 1.40 bits per heavy atom. The Hall–Kier alpha value is -1.34. The first-order valence-corrected chi connectivity index (χ1v) is 7.59. The summed E-state index contributed by atoms with van der Waals surface area (Å²) in [5.74, 6) is 0.860. The Labute approximate surface area is 133 Å². The molecule has 0 atom stereocenters. The van der Waals surface area contributed by atoms with Gasteiger partial charge in [-0.2, -0.15) is 5.10 Å². The van der Waals surface area contributed by atoms with E-state index in [1.54, 1.807) is 12.1 Å². The maximum atomic E-state index is 11.7. The molecule has 0 aliphatic heterocycles. The average Bonchev–Trinajstić information content (AvgIpc) is 2.85. The summed E-state index contributed by atoms with van der Waals surface area (Å²) in [5.41, 5.74) is 0.969. The summed E-state index contributed by atoms with van der Waals surface area (Å²) >= 11 is 6.73. The molecule has 0 radical (unpaired) electrons. The van der Waals surface area contributed by atoms with E-state index in [0.29, 0.717) is 11.6 Å². The smallest absolute Gasteiger partial charge is 0.263 e. The number of amides is 1. The summed E-state index contributed by atoms with van der Waals surface area (Å²) in [6.07, 6.45) is 0.839. The summed E-state index contributed by atoms with van der Waals surface area (Å²) in [6, 6.07) is 7.28. The Morgan fingerprint density at radius 2 is 2.20 bits per heavy atom. The molecule has 0 unspecified atom stereocenters. The fourth-order valence-electron chi connectivity index (χ4n) is 1.52. The highest BCUT2D eigenvalue weighted by atomic mass is 79.9. The molecule has 1 aromatic carbocycles. The van der Waals surface area contributed by atoms with Crippen LogP contribution in [0.25, 0.3) is 0 Å². The number of ether oxygens (including phenoxy) is 1. The lowest BCUT2D eigenvalue weighted by Gasteiger charge is -2.07. The van der Waals surface area contributed by atoms with Gasteiger partial charge in [-0.3, -0.25) is 9.89 Å². The third kappa shape index (κ3) is 4.08. The summed E-state index contributed by atoms with van der Waals surface area (Å²) in [6.45, 7) is 1.93. The minimum atomic E-state index is -0.256. The number of hydrogen-bond acceptors (Lipinski definition) is 3. The highest BCUT2D eigenvalue weighted by Gasteiger charge is 2.08. The standard InChI is InChI=1S/C13H13Br2N3O2/c1-2-9-6-12(18-17-9)16-13(19)7-20-11-4-3-8(14)5-10(11)15/h3-6H,2,7H2,1H3,(H2,16,17,18,19). The van der Waals surface area contributed by atoms with Gasteiger partial charge in [-0.05, 0) is 40.5 Å². The number of anilines is 1. The van der Waals surface area contributed by atoms with Crippen LogP contribution >= 0.6 is 31.9 Å². The average molecular weight is 403 g/mol. The second-order valence-electron chi connectivity index (χ2n) is 4.04. The predicted octanol–water partition coefficient (Wildman–Crippen LogP) is 3.51. The van der Waals surface area contributed by atoms with Crippen LogP contribution in [-0.4, -0.2) is 22.7 Å². The lowest BCUT2D eigenvalue weighted by Crippen LogP contribution is -2.20. The zero-order valence-corrected chi connectivity index (χ0v) is 13.9. The third-order valence-electron chi connectivity index (χ3n) is 2.53. The minimum absolute atomic E-state index is 0.0749. The molecule has 20 heavy (non-hydrogen) atoms. The van der Waals surface area contributed by atoms with Crippen molar-refractivity contribution in [3.8, 4) is 5.75 Å². The second-order valence-corrected chi connectivity index (χ2v) is 5.81. The molecule has 2 aromatic rings. The molecule has 7 heteroatoms. The van der Waals surface area contributed by atoms with Crippen LogP contribution in [0.2, 0.25) is 0 Å². The summed E-state index contributed by atoms with van der Waals surface area (Å²) in [7, 11) is 0. The van der Waals surface area contributed by atoms with Crippen LogP contribution in [-0.2, 0) is 11.2 Å². The van der Waals surface area contributed by atoms with Crippen molar-refractivity contribution >= 4 is 43.6 Å². The monoisotopic (exact) mass is 401 g/mol. The van der Waals surface area contributed by atoms with Crippen LogP contribution in [0.15, 0.2) is 33.2 Å². The Kier molecular flexibility index (Phi) is 5.19. The Morgan fingerprint density at radius 3 is 2.85 bits per heavy atom. The van der Waals surface area contributed by atoms with Crippen LogP contribution in [0, 0.1) is 0 Å². The predicted molar refractivity (Wildman–Crippen MR) is 83.9 cm³/mol. The van der Waals surface area contributed by atoms with E-state index >= 15 is 0 Å². The first-order chi connectivity index (χ1) is 9.58. The van der Waals surface area contributed by atoms with Gasteiger partial charge in [0.1, 0.15) is 5.75 Å². The zero-order valence-electron chi connectivity index (χ0n) is 10.7. The van der Waals surface area contributed by atoms with Gasteiger partial charge in [0.05, 0.1) is 4.47 Å². The van der Waals surface area contributed by atoms with E-state index in [1.807, 2.05) is 19.1 Å². The molecule has 5 nitrogen and oxygen atoms in total. The molecule has 1 heterocycles. The van der Waals surface area contributed by atoms with Crippen LogP contribution < -0.4 is 10.1 Å². The largest absolute Gasteiger partial charge is 0.483 e. The third-order valence-corrected chi connectivity index (χ3v) is 3.64. The SMILES string of the molecule is CCc1cc(NC(=O)COc2ccc(Br)cc2Br)n[nH]1. The van der Waals surface area contributed by atoms with Crippen molar-refractivity contribution in [1.29, 1.82) is 0 Å². The number of carbonyl (C=O) groups is 1. The van der Waals surface area contributed by atoms with Crippen molar-refractivity contribution in [1.82, 2.24) is 10.2 Å². The van der Waals surface area contributed by atoms with Crippen LogP contribution in [0.4, 0.5) is 5.82 Å². The number of carbonyl (C=O) groups excluding carboxylic acids is 1. The van der Waals surface area contributed by atoms with Gasteiger partial charge in [0, 0.05) is 16.2 Å². The minimum Gasteiger partial charge on any atom is -0.483 e. The normalized spacial score (nSPS) is 10.3. The molecule has 2 rings (SSSR count). The summed E-state index contributed by atoms with van der Waals surface area (Å²) in [4.78, 5) is 11.7. The first-order valence-electron chi connectivity index (χ1n) is 6.00. The molecule has 0 spiro atoms. The number of nitrogens with one attached hydrogen (secondary N) is 2. The molecule has 1 amide bonds. The molecule has 2 N–H and O–H groups in total. The van der Waals surface area contributed by atoms with Crippen molar-refractivity contribution in [2.24, 2.45) is 0 Å². The van der Waals surface area contributed by atoms with Crippen LogP contribution in [0.3, 0.4) is 0 Å². The lowest BCUT2D eigenvalue weighted by atomic mass is 10.3. The number of halogens is 2. The number of aryl methyl sites for hydroxylation is 1. The number of aromatic amines is 1. The molecule has 0 fully saturated rings. The zero-order chi connectivity index (χ0) is 14.5. The highest BCUT2D eigenvalue weighted by Crippen LogP contribution is 2.28. The summed E-state index contributed by atoms with van der Waals surface area (Å²) in [5, 5.41) is 9.48. The maximum absolute atomic E-state index is 11.7. The molecule has 0 aliphatic rings. The van der Waals surface area contributed by atoms with Gasteiger partial charge < -0.3 is 10.1 Å². The fourth-order valence-corrected chi connectivity index (χ4v) is 2.68. The first kappa shape index (κ1) is 15.1. The molecule has 0 aliphatic carbocycles. The van der Waals surface area contributed by atoms with E-state index < -0.39 is 0 Å². The number of nitrogens with zero attached hydrogens (tertiary/aromatic N) is 1. The molecule has 0 bridgehead atoms. The molecule has 106 valence electrons. The molecule has 1 aromatic heterocycles. The van der Waals surface area contributed by atoms with Crippen molar-refractivity contribution < 1.29 is 9.53 Å². The van der Waals surface area contributed by atoms with Gasteiger partial charge in [0.25, 0.3) is 5.91 Å². The Bertz CT molecular complexity index is 613. The van der Waals surface area contributed by atoms with Crippen molar-refractivity contribution in [3.05, 3.63) is 38.9 Å². The summed E-state index contributed by atoms with van der Waals surface area (Å²) < 4.78 is 7.16. The molecule has 0 saturated carbocycles. The molecular formula is C13H13Br2N3O2. The quantitative estimate of drug-likeness (QED) is 0.803. The van der Waals surface area contributed by atoms with E-state index in [9.17, 15) is 4.79 Å². The maximum Gasteiger partial charge on any atom is 0.263 e. The number of benzene rings is 1. The number of hydrogen-bond donors (Lipinski definition) is 2. The van der Waals surface area contributed by atoms with Gasteiger partial charge in [0.2, 0.25) is 0 Å². The van der Waals surface area contributed by atoms with E-state index in [4.69, 9.17) is 4.74 Å². The fraction of sp³-hybridized carbons (Fsp3) is 0.231. The second kappa shape index (κ2) is 6.90. The van der Waals surface area contributed by atoms with Crippen molar-refractivity contribution in [2.45, 2.75) is 13.3 Å². The van der Waals surface area contributed by atoms with Crippen molar-refractivity contribution in [2.75, 3.05) is 11.9 Å². The van der Waals surface area contributed by atoms with Crippen LogP contribution in [0.1, 0.15) is 12.6 Å². The lowest BCUT2D eigenvalue weighted by molar-refractivity contribution is -0.118. The van der Waals surface area contributed by atoms with Gasteiger partial charge in [-0.25, -0.2) is 0 Å². The molecule has 0 saturated heterocycles. The van der Waals surface area contributed by atoms with Gasteiger partial charge >= 0.3 is 0 Å². The number of rotatable bonds is 5. The Balaban J connectivity index is 1.88. The van der Waals surface area contributed by atoms with Gasteiger partial charge in [-0.1, -0.05) is 22.9 Å². The van der Waals surface area contributed by atoms with E-state index in [0.717, 1.165) is 21.1 Å². The number of aromatic nitrogens is 2. The topological polar surface area (TPSA) is 67.0 Å².